The summed E-state index contributed by atoms with van der Waals surface area (Å²) in [6, 6.07) is 13.1. The number of nitrogens with zero attached hydrogens (tertiary/aromatic N) is 1. The molecular formula is C21H22ClN3O4. The van der Waals surface area contributed by atoms with Gasteiger partial charge in [0.05, 0.1) is 12.3 Å². The maximum Gasteiger partial charge on any atom is 0.325 e. The van der Waals surface area contributed by atoms with Crippen LogP contribution in [0.15, 0.2) is 48.5 Å². The van der Waals surface area contributed by atoms with Gasteiger partial charge in [0.1, 0.15) is 17.8 Å². The first-order chi connectivity index (χ1) is 13.9. The van der Waals surface area contributed by atoms with Crippen molar-refractivity contribution in [2.24, 2.45) is 0 Å². The van der Waals surface area contributed by atoms with Gasteiger partial charge in [-0.2, -0.15) is 0 Å². The van der Waals surface area contributed by atoms with Crippen molar-refractivity contribution in [3.8, 4) is 5.75 Å². The standard InChI is InChI=1S/C21H22ClN3O4/c1-3-21(14-9-11-15(22)12-10-14)19(27)25(20(28)24-21)13-18(26)23-16-7-5-6-8-17(16)29-4-2/h5-12H,3-4,13H2,1-2H3,(H,23,26)(H,24,28)/t21-/m0/s1. The normalized spacial score (nSPS) is 18.5. The molecule has 1 saturated heterocycles. The summed E-state index contributed by atoms with van der Waals surface area (Å²) in [5, 5.41) is 5.97. The third kappa shape index (κ3) is 4.05. The molecule has 29 heavy (non-hydrogen) atoms. The summed E-state index contributed by atoms with van der Waals surface area (Å²) in [7, 11) is 0. The number of anilines is 1. The Bertz CT molecular complexity index is 932. The van der Waals surface area contributed by atoms with Gasteiger partial charge in [0.15, 0.2) is 0 Å². The van der Waals surface area contributed by atoms with Crippen LogP contribution in [-0.4, -0.2) is 35.9 Å². The molecule has 0 aromatic heterocycles. The van der Waals surface area contributed by atoms with E-state index >= 15 is 0 Å². The summed E-state index contributed by atoms with van der Waals surface area (Å²) >= 11 is 5.94. The van der Waals surface area contributed by atoms with Crippen molar-refractivity contribution in [3.63, 3.8) is 0 Å². The lowest BCUT2D eigenvalue weighted by Crippen LogP contribution is -2.44. The number of amides is 4. The van der Waals surface area contributed by atoms with Gasteiger partial charge in [-0.05, 0) is 43.2 Å². The van der Waals surface area contributed by atoms with E-state index in [1.54, 1.807) is 55.5 Å². The Kier molecular flexibility index (Phi) is 6.08. The van der Waals surface area contributed by atoms with Gasteiger partial charge in [0.2, 0.25) is 5.91 Å². The van der Waals surface area contributed by atoms with Crippen molar-refractivity contribution in [1.29, 1.82) is 0 Å². The van der Waals surface area contributed by atoms with Crippen LogP contribution in [0.3, 0.4) is 0 Å². The van der Waals surface area contributed by atoms with Crippen LogP contribution in [0.2, 0.25) is 5.02 Å². The molecule has 0 bridgehead atoms. The molecule has 0 unspecified atom stereocenters. The fraction of sp³-hybridized carbons (Fsp3) is 0.286. The van der Waals surface area contributed by atoms with Crippen LogP contribution in [0.5, 0.6) is 5.75 Å². The molecule has 1 aliphatic heterocycles. The lowest BCUT2D eigenvalue weighted by atomic mass is 9.87. The molecule has 3 rings (SSSR count). The first kappa shape index (κ1) is 20.7. The van der Waals surface area contributed by atoms with E-state index in [-0.39, 0.29) is 0 Å². The van der Waals surface area contributed by atoms with Gasteiger partial charge in [-0.3, -0.25) is 14.5 Å². The van der Waals surface area contributed by atoms with E-state index in [1.807, 2.05) is 6.92 Å². The summed E-state index contributed by atoms with van der Waals surface area (Å²) < 4.78 is 5.48. The van der Waals surface area contributed by atoms with Gasteiger partial charge < -0.3 is 15.4 Å². The van der Waals surface area contributed by atoms with E-state index in [1.165, 1.54) is 0 Å². The monoisotopic (exact) mass is 415 g/mol. The maximum atomic E-state index is 13.1. The van der Waals surface area contributed by atoms with Crippen molar-refractivity contribution in [2.75, 3.05) is 18.5 Å². The fourth-order valence-corrected chi connectivity index (χ4v) is 3.45. The molecule has 2 aromatic carbocycles. The van der Waals surface area contributed by atoms with E-state index in [2.05, 4.69) is 10.6 Å². The number of halogens is 1. The number of hydrogen-bond acceptors (Lipinski definition) is 4. The predicted octanol–water partition coefficient (Wildman–Crippen LogP) is 3.53. The molecule has 152 valence electrons. The lowest BCUT2D eigenvalue weighted by Gasteiger charge is -2.25. The van der Waals surface area contributed by atoms with Gasteiger partial charge >= 0.3 is 6.03 Å². The molecule has 8 heteroatoms. The molecule has 0 saturated carbocycles. The Morgan fingerprint density at radius 2 is 1.83 bits per heavy atom. The molecule has 1 atom stereocenters. The quantitative estimate of drug-likeness (QED) is 0.677. The third-order valence-electron chi connectivity index (χ3n) is 4.81. The number of nitrogens with one attached hydrogen (secondary N) is 2. The average Bonchev–Trinajstić information content (AvgIpc) is 2.95. The van der Waals surface area contributed by atoms with Crippen molar-refractivity contribution in [1.82, 2.24) is 10.2 Å². The molecule has 0 aliphatic carbocycles. The number of imide groups is 1. The summed E-state index contributed by atoms with van der Waals surface area (Å²) in [4.78, 5) is 39.1. The van der Waals surface area contributed by atoms with E-state index in [0.29, 0.717) is 35.1 Å². The number of benzene rings is 2. The second-order valence-corrected chi connectivity index (χ2v) is 7.00. The zero-order valence-electron chi connectivity index (χ0n) is 16.2. The van der Waals surface area contributed by atoms with E-state index in [4.69, 9.17) is 16.3 Å². The molecular weight excluding hydrogens is 394 g/mol. The topological polar surface area (TPSA) is 87.7 Å². The molecule has 4 amide bonds. The first-order valence-electron chi connectivity index (χ1n) is 9.33. The van der Waals surface area contributed by atoms with E-state index < -0.39 is 29.9 Å². The first-order valence-corrected chi connectivity index (χ1v) is 9.71. The molecule has 1 aliphatic rings. The molecule has 2 aromatic rings. The lowest BCUT2D eigenvalue weighted by molar-refractivity contribution is -0.134. The zero-order chi connectivity index (χ0) is 21.0. The number of carbonyl (C=O) groups excluding carboxylic acids is 3. The highest BCUT2D eigenvalue weighted by atomic mass is 35.5. The predicted molar refractivity (Wildman–Crippen MR) is 110 cm³/mol. The fourth-order valence-electron chi connectivity index (χ4n) is 3.33. The molecule has 0 radical (unpaired) electrons. The Balaban J connectivity index is 1.78. The Labute approximate surface area is 174 Å². The van der Waals surface area contributed by atoms with Gasteiger partial charge in [0, 0.05) is 5.02 Å². The highest BCUT2D eigenvalue weighted by Gasteiger charge is 2.51. The number of rotatable bonds is 7. The van der Waals surface area contributed by atoms with Gasteiger partial charge in [0.25, 0.3) is 5.91 Å². The number of ether oxygens (including phenoxy) is 1. The summed E-state index contributed by atoms with van der Waals surface area (Å²) in [5.74, 6) is -0.450. The van der Waals surface area contributed by atoms with Crippen LogP contribution >= 0.6 is 11.6 Å². The minimum Gasteiger partial charge on any atom is -0.492 e. The number of hydrogen-bond donors (Lipinski definition) is 2. The smallest absolute Gasteiger partial charge is 0.325 e. The van der Waals surface area contributed by atoms with Crippen LogP contribution in [0.25, 0.3) is 0 Å². The van der Waals surface area contributed by atoms with Crippen molar-refractivity contribution >= 4 is 35.1 Å². The van der Waals surface area contributed by atoms with Gasteiger partial charge in [-0.15, -0.1) is 0 Å². The zero-order valence-corrected chi connectivity index (χ0v) is 17.0. The van der Waals surface area contributed by atoms with Crippen molar-refractivity contribution in [2.45, 2.75) is 25.8 Å². The molecule has 2 N–H and O–H groups in total. The molecule has 1 heterocycles. The van der Waals surface area contributed by atoms with E-state index in [9.17, 15) is 14.4 Å². The average molecular weight is 416 g/mol. The Hall–Kier alpha value is -3.06. The van der Waals surface area contributed by atoms with Crippen LogP contribution in [0.1, 0.15) is 25.8 Å². The van der Waals surface area contributed by atoms with Gasteiger partial charge in [-0.25, -0.2) is 4.79 Å². The second kappa shape index (κ2) is 8.53. The van der Waals surface area contributed by atoms with Crippen LogP contribution in [0, 0.1) is 0 Å². The second-order valence-electron chi connectivity index (χ2n) is 6.56. The van der Waals surface area contributed by atoms with Gasteiger partial charge in [-0.1, -0.05) is 42.8 Å². The Morgan fingerprint density at radius 3 is 2.48 bits per heavy atom. The van der Waals surface area contributed by atoms with Crippen molar-refractivity contribution in [3.05, 3.63) is 59.1 Å². The largest absolute Gasteiger partial charge is 0.492 e. The summed E-state index contributed by atoms with van der Waals surface area (Å²) in [6.07, 6.45) is 0.338. The maximum absolute atomic E-state index is 13.1. The molecule has 7 nitrogen and oxygen atoms in total. The number of urea groups is 1. The highest BCUT2D eigenvalue weighted by Crippen LogP contribution is 2.33. The summed E-state index contributed by atoms with van der Waals surface area (Å²) in [5.41, 5.74) is -0.122. The highest BCUT2D eigenvalue weighted by molar-refractivity contribution is 6.30. The number of carbonyl (C=O) groups is 3. The van der Waals surface area contributed by atoms with Crippen molar-refractivity contribution < 1.29 is 19.1 Å². The van der Waals surface area contributed by atoms with Crippen LogP contribution < -0.4 is 15.4 Å². The van der Waals surface area contributed by atoms with Crippen LogP contribution in [0.4, 0.5) is 10.5 Å². The minimum absolute atomic E-state index is 0.338. The SMILES string of the molecule is CCOc1ccccc1NC(=O)CN1C(=O)N[C@@](CC)(c2ccc(Cl)cc2)C1=O. The number of para-hydroxylation sites is 2. The summed E-state index contributed by atoms with van der Waals surface area (Å²) in [6.45, 7) is 3.68. The molecule has 0 spiro atoms. The van der Waals surface area contributed by atoms with Crippen LogP contribution in [-0.2, 0) is 15.1 Å². The third-order valence-corrected chi connectivity index (χ3v) is 5.06. The van der Waals surface area contributed by atoms with E-state index in [0.717, 1.165) is 4.90 Å². The Morgan fingerprint density at radius 1 is 1.14 bits per heavy atom. The molecule has 1 fully saturated rings. The minimum atomic E-state index is -1.22.